The first kappa shape index (κ1) is 18.9. The van der Waals surface area contributed by atoms with Crippen molar-refractivity contribution < 1.29 is 0 Å². The van der Waals surface area contributed by atoms with Crippen molar-refractivity contribution >= 4 is 16.5 Å². The van der Waals surface area contributed by atoms with Gasteiger partial charge in [-0.1, -0.05) is 58.0 Å². The Morgan fingerprint density at radius 1 is 1.12 bits per heavy atom. The Bertz CT molecular complexity index is 605. The molecule has 1 aromatic heterocycles. The molecule has 4 heteroatoms. The Labute approximate surface area is 151 Å². The third-order valence-electron chi connectivity index (χ3n) is 3.97. The van der Waals surface area contributed by atoms with Gasteiger partial charge in [0.2, 0.25) is 0 Å². The number of hydrogen-bond donors (Lipinski definition) is 1. The van der Waals surface area contributed by atoms with Crippen LogP contribution >= 0.6 is 11.3 Å². The SMILES string of the molecule is CCN(Cc1ccccc1)c1nc(C(C)C)c(CNCC(C)C)s1. The van der Waals surface area contributed by atoms with Crippen molar-refractivity contribution in [3.05, 3.63) is 46.5 Å². The van der Waals surface area contributed by atoms with Crippen LogP contribution in [-0.4, -0.2) is 18.1 Å². The minimum absolute atomic E-state index is 0.460. The van der Waals surface area contributed by atoms with E-state index in [4.69, 9.17) is 4.98 Å². The summed E-state index contributed by atoms with van der Waals surface area (Å²) in [4.78, 5) is 8.73. The Morgan fingerprint density at radius 3 is 2.42 bits per heavy atom. The minimum Gasteiger partial charge on any atom is -0.344 e. The van der Waals surface area contributed by atoms with Gasteiger partial charge < -0.3 is 10.2 Å². The van der Waals surface area contributed by atoms with Gasteiger partial charge in [0, 0.05) is 24.5 Å². The zero-order valence-corrected chi connectivity index (χ0v) is 16.5. The lowest BCUT2D eigenvalue weighted by molar-refractivity contribution is 0.552. The smallest absolute Gasteiger partial charge is 0.186 e. The summed E-state index contributed by atoms with van der Waals surface area (Å²) in [5.41, 5.74) is 2.58. The van der Waals surface area contributed by atoms with E-state index in [-0.39, 0.29) is 0 Å². The second-order valence-corrected chi connectivity index (χ2v) is 8.05. The molecule has 3 nitrogen and oxygen atoms in total. The summed E-state index contributed by atoms with van der Waals surface area (Å²) in [5, 5.41) is 4.71. The molecule has 1 heterocycles. The molecule has 0 aliphatic heterocycles. The maximum Gasteiger partial charge on any atom is 0.186 e. The van der Waals surface area contributed by atoms with Crippen molar-refractivity contribution in [1.29, 1.82) is 0 Å². The van der Waals surface area contributed by atoms with Gasteiger partial charge in [-0.3, -0.25) is 0 Å². The quantitative estimate of drug-likeness (QED) is 0.690. The molecule has 0 fully saturated rings. The number of nitrogens with one attached hydrogen (secondary N) is 1. The molecule has 0 radical (unpaired) electrons. The molecular formula is C20H31N3S. The number of aromatic nitrogens is 1. The molecule has 0 saturated carbocycles. The minimum atomic E-state index is 0.460. The van der Waals surface area contributed by atoms with E-state index in [9.17, 15) is 0 Å². The van der Waals surface area contributed by atoms with Gasteiger partial charge in [0.25, 0.3) is 0 Å². The van der Waals surface area contributed by atoms with Crippen molar-refractivity contribution in [3.63, 3.8) is 0 Å². The van der Waals surface area contributed by atoms with Gasteiger partial charge in [0.15, 0.2) is 5.13 Å². The predicted molar refractivity (Wildman–Crippen MR) is 106 cm³/mol. The molecule has 0 spiro atoms. The molecule has 132 valence electrons. The lowest BCUT2D eigenvalue weighted by Gasteiger charge is -2.19. The van der Waals surface area contributed by atoms with Gasteiger partial charge in [-0.2, -0.15) is 0 Å². The van der Waals surface area contributed by atoms with Crippen LogP contribution < -0.4 is 10.2 Å². The van der Waals surface area contributed by atoms with Crippen LogP contribution in [-0.2, 0) is 13.1 Å². The highest BCUT2D eigenvalue weighted by Gasteiger charge is 2.17. The molecule has 0 atom stereocenters. The fraction of sp³-hybridized carbons (Fsp3) is 0.550. The third kappa shape index (κ3) is 5.32. The van der Waals surface area contributed by atoms with Crippen molar-refractivity contribution in [3.8, 4) is 0 Å². The Balaban J connectivity index is 2.15. The van der Waals surface area contributed by atoms with E-state index < -0.39 is 0 Å². The molecule has 0 amide bonds. The number of rotatable bonds is 9. The molecular weight excluding hydrogens is 314 g/mol. The van der Waals surface area contributed by atoms with Crippen molar-refractivity contribution in [2.75, 3.05) is 18.0 Å². The monoisotopic (exact) mass is 345 g/mol. The summed E-state index contributed by atoms with van der Waals surface area (Å²) >= 11 is 1.84. The lowest BCUT2D eigenvalue weighted by Crippen LogP contribution is -2.21. The van der Waals surface area contributed by atoms with Crippen LogP contribution in [0.25, 0.3) is 0 Å². The van der Waals surface area contributed by atoms with Crippen LogP contribution in [0.4, 0.5) is 5.13 Å². The van der Waals surface area contributed by atoms with E-state index in [0.29, 0.717) is 11.8 Å². The second kappa shape index (κ2) is 9.19. The van der Waals surface area contributed by atoms with E-state index >= 15 is 0 Å². The number of benzene rings is 1. The highest BCUT2D eigenvalue weighted by molar-refractivity contribution is 7.15. The first-order chi connectivity index (χ1) is 11.5. The summed E-state index contributed by atoms with van der Waals surface area (Å²) in [6, 6.07) is 10.6. The summed E-state index contributed by atoms with van der Waals surface area (Å²) < 4.78 is 0. The van der Waals surface area contributed by atoms with E-state index in [1.54, 1.807) is 0 Å². The van der Waals surface area contributed by atoms with Gasteiger partial charge in [-0.05, 0) is 30.9 Å². The summed E-state index contributed by atoms with van der Waals surface area (Å²) in [5.74, 6) is 1.13. The van der Waals surface area contributed by atoms with Gasteiger partial charge in [0.05, 0.1) is 5.69 Å². The predicted octanol–water partition coefficient (Wildman–Crippen LogP) is 5.04. The normalized spacial score (nSPS) is 11.5. The van der Waals surface area contributed by atoms with Gasteiger partial charge in [-0.15, -0.1) is 11.3 Å². The molecule has 0 saturated heterocycles. The number of nitrogens with zero attached hydrogens (tertiary/aromatic N) is 2. The molecule has 0 aliphatic rings. The molecule has 1 N–H and O–H groups in total. The Hall–Kier alpha value is -1.39. The maximum absolute atomic E-state index is 4.98. The van der Waals surface area contributed by atoms with Crippen LogP contribution in [0.1, 0.15) is 56.7 Å². The average molecular weight is 346 g/mol. The Morgan fingerprint density at radius 2 is 1.83 bits per heavy atom. The van der Waals surface area contributed by atoms with Crippen molar-refractivity contribution in [2.45, 2.75) is 53.6 Å². The molecule has 2 aromatic rings. The van der Waals surface area contributed by atoms with Gasteiger partial charge >= 0.3 is 0 Å². The van der Waals surface area contributed by atoms with Crippen LogP contribution in [0.5, 0.6) is 0 Å². The zero-order valence-electron chi connectivity index (χ0n) is 15.7. The number of anilines is 1. The standard InChI is InChI=1S/C20H31N3S/c1-6-23(14-17-10-8-7-9-11-17)20-22-19(16(4)5)18(24-20)13-21-12-15(2)3/h7-11,15-16,21H,6,12-14H2,1-5H3. The maximum atomic E-state index is 4.98. The molecule has 24 heavy (non-hydrogen) atoms. The zero-order chi connectivity index (χ0) is 17.5. The van der Waals surface area contributed by atoms with Crippen LogP contribution in [0, 0.1) is 5.92 Å². The van der Waals surface area contributed by atoms with E-state index in [1.165, 1.54) is 16.1 Å². The van der Waals surface area contributed by atoms with Crippen LogP contribution in [0.15, 0.2) is 30.3 Å². The molecule has 0 unspecified atom stereocenters. The first-order valence-corrected chi connectivity index (χ1v) is 9.82. The summed E-state index contributed by atoms with van der Waals surface area (Å²) in [6.07, 6.45) is 0. The molecule has 0 bridgehead atoms. The van der Waals surface area contributed by atoms with Gasteiger partial charge in [0.1, 0.15) is 0 Å². The average Bonchev–Trinajstić information content (AvgIpc) is 2.97. The molecule has 1 aromatic carbocycles. The van der Waals surface area contributed by atoms with Crippen molar-refractivity contribution in [2.24, 2.45) is 5.92 Å². The highest BCUT2D eigenvalue weighted by atomic mass is 32.1. The third-order valence-corrected chi connectivity index (χ3v) is 5.10. The highest BCUT2D eigenvalue weighted by Crippen LogP contribution is 2.31. The van der Waals surface area contributed by atoms with E-state index in [0.717, 1.165) is 31.3 Å². The van der Waals surface area contributed by atoms with Crippen LogP contribution in [0.3, 0.4) is 0 Å². The van der Waals surface area contributed by atoms with Crippen LogP contribution in [0.2, 0.25) is 0 Å². The largest absolute Gasteiger partial charge is 0.344 e. The summed E-state index contributed by atoms with van der Waals surface area (Å²) in [6.45, 7) is 15.0. The number of thiazole rings is 1. The van der Waals surface area contributed by atoms with E-state index in [1.807, 2.05) is 11.3 Å². The Kier molecular flexibility index (Phi) is 7.25. The lowest BCUT2D eigenvalue weighted by atomic mass is 10.1. The number of hydrogen-bond acceptors (Lipinski definition) is 4. The fourth-order valence-electron chi connectivity index (χ4n) is 2.66. The van der Waals surface area contributed by atoms with E-state index in [2.05, 4.69) is 75.2 Å². The fourth-order valence-corrected chi connectivity index (χ4v) is 3.90. The topological polar surface area (TPSA) is 28.2 Å². The molecule has 0 aliphatic carbocycles. The first-order valence-electron chi connectivity index (χ1n) is 9.00. The van der Waals surface area contributed by atoms with Gasteiger partial charge in [-0.25, -0.2) is 4.98 Å². The summed E-state index contributed by atoms with van der Waals surface area (Å²) in [7, 11) is 0. The molecule has 2 rings (SSSR count). The van der Waals surface area contributed by atoms with Crippen molar-refractivity contribution in [1.82, 2.24) is 10.3 Å². The second-order valence-electron chi connectivity index (χ2n) is 6.98.